The summed E-state index contributed by atoms with van der Waals surface area (Å²) < 4.78 is 68.8. The second-order valence-corrected chi connectivity index (χ2v) is 33.3. The van der Waals surface area contributed by atoms with Crippen LogP contribution in [-0.2, 0) is 65.4 Å². The van der Waals surface area contributed by atoms with Gasteiger partial charge in [-0.15, -0.1) is 0 Å². The zero-order chi connectivity index (χ0) is 74.9. The van der Waals surface area contributed by atoms with Crippen LogP contribution in [0.15, 0.2) is 0 Å². The molecular formula is C83H162O17P2. The van der Waals surface area contributed by atoms with E-state index in [4.69, 9.17) is 37.0 Å². The molecular weight excluding hydrogens is 1330 g/mol. The van der Waals surface area contributed by atoms with Crippen molar-refractivity contribution >= 4 is 39.5 Å². The molecule has 0 spiro atoms. The van der Waals surface area contributed by atoms with Crippen LogP contribution >= 0.6 is 15.6 Å². The van der Waals surface area contributed by atoms with Gasteiger partial charge in [-0.2, -0.15) is 0 Å². The molecule has 0 heterocycles. The van der Waals surface area contributed by atoms with Crippen molar-refractivity contribution in [3.05, 3.63) is 0 Å². The Morgan fingerprint density at radius 3 is 0.696 bits per heavy atom. The highest BCUT2D eigenvalue weighted by Crippen LogP contribution is 2.45. The summed E-state index contributed by atoms with van der Waals surface area (Å²) in [6.45, 7) is 9.66. The van der Waals surface area contributed by atoms with Crippen LogP contribution in [0.5, 0.6) is 0 Å². The SMILES string of the molecule is CCCCCCCCCCCCCCCCCCCCCCCC(=O)O[C@H](COC(=O)CCCCCCCCCCCCCCCCC(C)CC)COP(=O)(O)OC[C@@H](O)COP(=O)(O)OC[C@@H](COC(=O)CCCCCCCCC(C)CC)OC(=O)CCCCCCCCCCCCCCC. The first kappa shape index (κ1) is 100. The van der Waals surface area contributed by atoms with Crippen molar-refractivity contribution in [2.24, 2.45) is 11.8 Å². The van der Waals surface area contributed by atoms with Crippen molar-refractivity contribution in [3.63, 3.8) is 0 Å². The molecule has 0 saturated carbocycles. The molecule has 0 rings (SSSR count). The van der Waals surface area contributed by atoms with Crippen LogP contribution in [0.1, 0.15) is 440 Å². The Morgan fingerprint density at radius 2 is 0.471 bits per heavy atom. The summed E-state index contributed by atoms with van der Waals surface area (Å²) in [6.07, 6.45) is 65.2. The molecule has 0 aromatic heterocycles. The smallest absolute Gasteiger partial charge is 0.462 e. The molecule has 0 radical (unpaired) electrons. The third-order valence-corrected chi connectivity index (χ3v) is 22.1. The predicted octanol–water partition coefficient (Wildman–Crippen LogP) is 25.1. The summed E-state index contributed by atoms with van der Waals surface area (Å²) in [6, 6.07) is 0. The van der Waals surface area contributed by atoms with E-state index in [0.717, 1.165) is 108 Å². The average molecular weight is 1490 g/mol. The van der Waals surface area contributed by atoms with Gasteiger partial charge in [0.05, 0.1) is 26.4 Å². The lowest BCUT2D eigenvalue weighted by Crippen LogP contribution is -2.30. The maximum Gasteiger partial charge on any atom is 0.472 e. The van der Waals surface area contributed by atoms with Crippen molar-refractivity contribution in [1.82, 2.24) is 0 Å². The van der Waals surface area contributed by atoms with Gasteiger partial charge in [0, 0.05) is 25.7 Å². The molecule has 0 aromatic rings. The zero-order valence-corrected chi connectivity index (χ0v) is 68.7. The molecule has 0 saturated heterocycles. The Kier molecular flexibility index (Phi) is 73.1. The van der Waals surface area contributed by atoms with Crippen molar-refractivity contribution in [2.75, 3.05) is 39.6 Å². The third kappa shape index (κ3) is 73.6. The van der Waals surface area contributed by atoms with E-state index < -0.39 is 97.5 Å². The minimum atomic E-state index is -4.96. The highest BCUT2D eigenvalue weighted by Gasteiger charge is 2.30. The standard InChI is InChI=1S/C83H162O17P2/c1-7-11-13-15-17-19-21-23-24-25-26-27-28-29-30-36-40-44-48-56-62-68-82(87)99-78(71-93-80(85)65-59-53-46-42-38-35-32-31-34-37-41-45-51-57-63-75(5)9-3)73-97-101(89,90)95-69-77(84)70-96-102(91,92)98-74-79(72-94-81(86)66-60-54-50-49-52-58-64-76(6)10-4)100-83(88)67-61-55-47-43-39-33-22-20-18-16-14-12-8-2/h75-79,84H,7-74H2,1-6H3,(H,89,90)(H,91,92)/t75?,76?,77-,78-,79-/m1/s1. The van der Waals surface area contributed by atoms with Crippen LogP contribution in [-0.4, -0.2) is 96.7 Å². The van der Waals surface area contributed by atoms with Gasteiger partial charge in [0.25, 0.3) is 0 Å². The van der Waals surface area contributed by atoms with Gasteiger partial charge >= 0.3 is 39.5 Å². The minimum Gasteiger partial charge on any atom is -0.462 e. The molecule has 0 aromatic carbocycles. The maximum atomic E-state index is 13.1. The summed E-state index contributed by atoms with van der Waals surface area (Å²) in [5, 5.41) is 10.7. The molecule has 0 amide bonds. The Morgan fingerprint density at radius 1 is 0.275 bits per heavy atom. The fraction of sp³-hybridized carbons (Fsp3) is 0.952. The fourth-order valence-corrected chi connectivity index (χ4v) is 14.4. The lowest BCUT2D eigenvalue weighted by Gasteiger charge is -2.21. The molecule has 0 aliphatic heterocycles. The number of unbranched alkanes of at least 4 members (excludes halogenated alkanes) is 50. The van der Waals surface area contributed by atoms with Crippen molar-refractivity contribution < 1.29 is 80.2 Å². The summed E-state index contributed by atoms with van der Waals surface area (Å²) in [4.78, 5) is 73.1. The van der Waals surface area contributed by atoms with Gasteiger partial charge in [-0.25, -0.2) is 9.13 Å². The van der Waals surface area contributed by atoms with Crippen molar-refractivity contribution in [1.29, 1.82) is 0 Å². The van der Waals surface area contributed by atoms with Crippen molar-refractivity contribution in [3.8, 4) is 0 Å². The Bertz CT molecular complexity index is 1960. The third-order valence-electron chi connectivity index (χ3n) is 20.2. The molecule has 4 unspecified atom stereocenters. The molecule has 0 aliphatic carbocycles. The maximum absolute atomic E-state index is 13.1. The highest BCUT2D eigenvalue weighted by atomic mass is 31.2. The van der Waals surface area contributed by atoms with Crippen LogP contribution in [0.25, 0.3) is 0 Å². The second-order valence-electron chi connectivity index (χ2n) is 30.4. The lowest BCUT2D eigenvalue weighted by atomic mass is 9.99. The second kappa shape index (κ2) is 74.5. The zero-order valence-electron chi connectivity index (χ0n) is 66.9. The molecule has 3 N–H and O–H groups in total. The number of hydrogen-bond acceptors (Lipinski definition) is 15. The minimum absolute atomic E-state index is 0.107. The number of ether oxygens (including phenoxy) is 4. The quantitative estimate of drug-likeness (QED) is 0.0222. The Balaban J connectivity index is 5.22. The first-order chi connectivity index (χ1) is 49.4. The molecule has 0 fully saturated rings. The predicted molar refractivity (Wildman–Crippen MR) is 418 cm³/mol. The van der Waals surface area contributed by atoms with Gasteiger partial charge in [-0.05, 0) is 37.5 Å². The van der Waals surface area contributed by atoms with E-state index in [2.05, 4.69) is 41.5 Å². The molecule has 606 valence electrons. The summed E-state index contributed by atoms with van der Waals surface area (Å²) in [5.74, 6) is -0.526. The molecule has 17 nitrogen and oxygen atoms in total. The number of aliphatic hydroxyl groups excluding tert-OH is 1. The molecule has 7 atom stereocenters. The van der Waals surface area contributed by atoms with Gasteiger partial charge in [0.1, 0.15) is 19.3 Å². The van der Waals surface area contributed by atoms with E-state index in [9.17, 15) is 43.2 Å². The van der Waals surface area contributed by atoms with Crippen LogP contribution in [0.3, 0.4) is 0 Å². The van der Waals surface area contributed by atoms with E-state index in [0.29, 0.717) is 25.7 Å². The topological polar surface area (TPSA) is 237 Å². The summed E-state index contributed by atoms with van der Waals surface area (Å²) in [5.41, 5.74) is 0. The van der Waals surface area contributed by atoms with Gasteiger partial charge in [-0.3, -0.25) is 37.3 Å². The summed E-state index contributed by atoms with van der Waals surface area (Å²) >= 11 is 0. The first-order valence-corrected chi connectivity index (χ1v) is 46.1. The van der Waals surface area contributed by atoms with Gasteiger partial charge in [-0.1, -0.05) is 388 Å². The molecule has 19 heteroatoms. The van der Waals surface area contributed by atoms with E-state index in [1.165, 1.54) is 250 Å². The van der Waals surface area contributed by atoms with Crippen molar-refractivity contribution in [2.45, 2.75) is 458 Å². The number of esters is 4. The fourth-order valence-electron chi connectivity index (χ4n) is 12.8. The number of carbonyl (C=O) groups excluding carboxylic acids is 4. The monoisotopic (exact) mass is 1490 g/mol. The number of hydrogen-bond donors (Lipinski definition) is 3. The van der Waals surface area contributed by atoms with E-state index in [1.54, 1.807) is 0 Å². The van der Waals surface area contributed by atoms with Gasteiger partial charge < -0.3 is 33.8 Å². The number of phosphoric acid groups is 2. The first-order valence-electron chi connectivity index (χ1n) is 43.1. The average Bonchev–Trinajstić information content (AvgIpc) is 1.18. The number of rotatable bonds is 82. The molecule has 102 heavy (non-hydrogen) atoms. The van der Waals surface area contributed by atoms with Crippen LogP contribution in [0, 0.1) is 11.8 Å². The molecule has 0 aliphatic rings. The van der Waals surface area contributed by atoms with Crippen LogP contribution in [0.2, 0.25) is 0 Å². The van der Waals surface area contributed by atoms with Gasteiger partial charge in [0.15, 0.2) is 12.2 Å². The highest BCUT2D eigenvalue weighted by molar-refractivity contribution is 7.47. The normalized spacial score (nSPS) is 14.4. The lowest BCUT2D eigenvalue weighted by molar-refractivity contribution is -0.161. The Labute approximate surface area is 626 Å². The number of aliphatic hydroxyl groups is 1. The Hall–Kier alpha value is -1.94. The van der Waals surface area contributed by atoms with Crippen LogP contribution < -0.4 is 0 Å². The van der Waals surface area contributed by atoms with E-state index in [-0.39, 0.29) is 25.7 Å². The molecule has 0 bridgehead atoms. The van der Waals surface area contributed by atoms with E-state index in [1.807, 2.05) is 0 Å². The summed E-state index contributed by atoms with van der Waals surface area (Å²) in [7, 11) is -9.92. The van der Waals surface area contributed by atoms with Crippen LogP contribution in [0.4, 0.5) is 0 Å². The van der Waals surface area contributed by atoms with E-state index >= 15 is 0 Å². The number of carbonyl (C=O) groups is 4. The van der Waals surface area contributed by atoms with Gasteiger partial charge in [0.2, 0.25) is 0 Å². The number of phosphoric ester groups is 2. The largest absolute Gasteiger partial charge is 0.472 e.